The Balaban J connectivity index is 2.32. The number of hydrogen-bond donors (Lipinski definition) is 1. The standard InChI is InChI=1S/C14H25NO3Si/c1-4-12-18-19(16-2,17-3)13-8-11-15-14-9-6-5-7-10-14/h5-7,9-10,15H,4,8,11-13H2,1-3H3. The van der Waals surface area contributed by atoms with Crippen molar-refractivity contribution >= 4 is 14.5 Å². The lowest BCUT2D eigenvalue weighted by Gasteiger charge is -2.26. The molecule has 0 aromatic heterocycles. The summed E-state index contributed by atoms with van der Waals surface area (Å²) in [4.78, 5) is 0. The molecular formula is C14H25NO3Si. The Kier molecular flexibility index (Phi) is 7.74. The van der Waals surface area contributed by atoms with Crippen LogP contribution >= 0.6 is 0 Å². The second kappa shape index (κ2) is 9.09. The monoisotopic (exact) mass is 283 g/mol. The number of para-hydroxylation sites is 1. The Morgan fingerprint density at radius 3 is 2.37 bits per heavy atom. The van der Waals surface area contributed by atoms with Gasteiger partial charge in [-0.1, -0.05) is 25.1 Å². The molecule has 0 atom stereocenters. The zero-order valence-electron chi connectivity index (χ0n) is 12.1. The summed E-state index contributed by atoms with van der Waals surface area (Å²) < 4.78 is 16.8. The first kappa shape index (κ1) is 16.2. The highest BCUT2D eigenvalue weighted by atomic mass is 28.4. The predicted molar refractivity (Wildman–Crippen MR) is 80.4 cm³/mol. The molecule has 1 aromatic carbocycles. The van der Waals surface area contributed by atoms with Crippen LogP contribution in [0.3, 0.4) is 0 Å². The lowest BCUT2D eigenvalue weighted by Crippen LogP contribution is -2.44. The van der Waals surface area contributed by atoms with Gasteiger partial charge in [-0.2, -0.15) is 0 Å². The third-order valence-corrected chi connectivity index (χ3v) is 5.76. The largest absolute Gasteiger partial charge is 0.500 e. The summed E-state index contributed by atoms with van der Waals surface area (Å²) >= 11 is 0. The van der Waals surface area contributed by atoms with Crippen LogP contribution < -0.4 is 5.32 Å². The van der Waals surface area contributed by atoms with Gasteiger partial charge in [0.1, 0.15) is 0 Å². The molecule has 1 aromatic rings. The first-order chi connectivity index (χ1) is 9.26. The van der Waals surface area contributed by atoms with Crippen molar-refractivity contribution in [3.8, 4) is 0 Å². The summed E-state index contributed by atoms with van der Waals surface area (Å²) in [6.07, 6.45) is 1.94. The van der Waals surface area contributed by atoms with E-state index in [2.05, 4.69) is 24.4 Å². The van der Waals surface area contributed by atoms with Gasteiger partial charge in [0.15, 0.2) is 0 Å². The van der Waals surface area contributed by atoms with Gasteiger partial charge in [-0.05, 0) is 25.0 Å². The molecule has 0 unspecified atom stereocenters. The third-order valence-electron chi connectivity index (χ3n) is 2.91. The first-order valence-electron chi connectivity index (χ1n) is 6.79. The smallest absolute Gasteiger partial charge is 0.385 e. The fourth-order valence-corrected chi connectivity index (χ4v) is 3.91. The van der Waals surface area contributed by atoms with Gasteiger partial charge in [0.05, 0.1) is 0 Å². The molecule has 4 nitrogen and oxygen atoms in total. The molecule has 0 amide bonds. The van der Waals surface area contributed by atoms with Crippen LogP contribution in [-0.2, 0) is 13.3 Å². The Morgan fingerprint density at radius 2 is 1.79 bits per heavy atom. The molecule has 0 saturated heterocycles. The molecule has 0 fully saturated rings. The van der Waals surface area contributed by atoms with E-state index >= 15 is 0 Å². The van der Waals surface area contributed by atoms with Crippen LogP contribution in [0.4, 0.5) is 5.69 Å². The lowest BCUT2D eigenvalue weighted by molar-refractivity contribution is 0.0980. The highest BCUT2D eigenvalue weighted by Crippen LogP contribution is 2.16. The highest BCUT2D eigenvalue weighted by Gasteiger charge is 2.37. The van der Waals surface area contributed by atoms with Gasteiger partial charge < -0.3 is 18.6 Å². The summed E-state index contributed by atoms with van der Waals surface area (Å²) in [5, 5.41) is 3.38. The van der Waals surface area contributed by atoms with Crippen molar-refractivity contribution in [3.05, 3.63) is 30.3 Å². The van der Waals surface area contributed by atoms with E-state index in [1.807, 2.05) is 18.2 Å². The van der Waals surface area contributed by atoms with Crippen LogP contribution in [0.5, 0.6) is 0 Å². The molecule has 1 N–H and O–H groups in total. The minimum Gasteiger partial charge on any atom is -0.385 e. The van der Waals surface area contributed by atoms with Crippen molar-refractivity contribution in [3.63, 3.8) is 0 Å². The van der Waals surface area contributed by atoms with Crippen molar-refractivity contribution in [2.24, 2.45) is 0 Å². The number of benzene rings is 1. The van der Waals surface area contributed by atoms with E-state index in [0.29, 0.717) is 6.61 Å². The van der Waals surface area contributed by atoms with Gasteiger partial charge in [0.2, 0.25) is 0 Å². The summed E-state index contributed by atoms with van der Waals surface area (Å²) in [5.41, 5.74) is 1.14. The zero-order valence-corrected chi connectivity index (χ0v) is 13.1. The van der Waals surface area contributed by atoms with Gasteiger partial charge in [-0.3, -0.25) is 0 Å². The summed E-state index contributed by atoms with van der Waals surface area (Å²) in [5.74, 6) is 0. The number of rotatable bonds is 10. The molecular weight excluding hydrogens is 258 g/mol. The maximum absolute atomic E-state index is 5.80. The van der Waals surface area contributed by atoms with E-state index in [0.717, 1.165) is 31.1 Å². The van der Waals surface area contributed by atoms with Gasteiger partial charge in [0.25, 0.3) is 0 Å². The van der Waals surface area contributed by atoms with E-state index in [1.165, 1.54) is 0 Å². The second-order valence-electron chi connectivity index (χ2n) is 4.34. The summed E-state index contributed by atoms with van der Waals surface area (Å²) in [7, 11) is 0.911. The van der Waals surface area contributed by atoms with Crippen LogP contribution in [0, 0.1) is 0 Å². The number of anilines is 1. The Bertz CT molecular complexity index is 331. The maximum Gasteiger partial charge on any atom is 0.500 e. The van der Waals surface area contributed by atoms with E-state index in [1.54, 1.807) is 14.2 Å². The molecule has 0 saturated carbocycles. The molecule has 0 spiro atoms. The fourth-order valence-electron chi connectivity index (χ4n) is 1.83. The van der Waals surface area contributed by atoms with Crippen molar-refractivity contribution < 1.29 is 13.3 Å². The predicted octanol–water partition coefficient (Wildman–Crippen LogP) is 3.15. The highest BCUT2D eigenvalue weighted by molar-refractivity contribution is 6.60. The van der Waals surface area contributed by atoms with Crippen LogP contribution in [0.1, 0.15) is 19.8 Å². The van der Waals surface area contributed by atoms with Crippen LogP contribution in [0.2, 0.25) is 6.04 Å². The van der Waals surface area contributed by atoms with Crippen molar-refractivity contribution in [1.82, 2.24) is 0 Å². The first-order valence-corrected chi connectivity index (χ1v) is 8.72. The Labute approximate surface area is 117 Å². The number of hydrogen-bond acceptors (Lipinski definition) is 4. The van der Waals surface area contributed by atoms with Crippen molar-refractivity contribution in [2.75, 3.05) is 32.7 Å². The van der Waals surface area contributed by atoms with Gasteiger partial charge in [0, 0.05) is 39.1 Å². The lowest BCUT2D eigenvalue weighted by atomic mass is 10.3. The summed E-state index contributed by atoms with van der Waals surface area (Å²) in [6.45, 7) is 3.67. The number of nitrogens with one attached hydrogen (secondary N) is 1. The van der Waals surface area contributed by atoms with E-state index in [4.69, 9.17) is 13.3 Å². The Morgan fingerprint density at radius 1 is 1.11 bits per heavy atom. The molecule has 0 bridgehead atoms. The molecule has 0 aliphatic carbocycles. The normalized spacial score (nSPS) is 11.5. The molecule has 0 radical (unpaired) electrons. The van der Waals surface area contributed by atoms with E-state index < -0.39 is 8.80 Å². The van der Waals surface area contributed by atoms with Crippen LogP contribution in [0.25, 0.3) is 0 Å². The minimum atomic E-state index is -2.44. The van der Waals surface area contributed by atoms with Crippen LogP contribution in [-0.4, -0.2) is 36.2 Å². The summed E-state index contributed by atoms with van der Waals surface area (Å²) in [6, 6.07) is 11.0. The molecule has 0 aliphatic rings. The maximum atomic E-state index is 5.80. The average Bonchev–Trinajstić information content (AvgIpc) is 2.48. The van der Waals surface area contributed by atoms with E-state index in [-0.39, 0.29) is 0 Å². The van der Waals surface area contributed by atoms with Gasteiger partial charge >= 0.3 is 8.80 Å². The van der Waals surface area contributed by atoms with Crippen LogP contribution in [0.15, 0.2) is 30.3 Å². The van der Waals surface area contributed by atoms with Crippen molar-refractivity contribution in [2.45, 2.75) is 25.8 Å². The van der Waals surface area contributed by atoms with E-state index in [9.17, 15) is 0 Å². The fraction of sp³-hybridized carbons (Fsp3) is 0.571. The third kappa shape index (κ3) is 5.73. The molecule has 19 heavy (non-hydrogen) atoms. The second-order valence-corrected chi connectivity index (χ2v) is 7.31. The quantitative estimate of drug-likeness (QED) is 0.529. The molecule has 0 heterocycles. The molecule has 1 rings (SSSR count). The minimum absolute atomic E-state index is 0.694. The van der Waals surface area contributed by atoms with Gasteiger partial charge in [-0.25, -0.2) is 0 Å². The molecule has 0 aliphatic heterocycles. The molecule has 108 valence electrons. The molecule has 5 heteroatoms. The zero-order chi connectivity index (χ0) is 14.0. The topological polar surface area (TPSA) is 39.7 Å². The average molecular weight is 283 g/mol. The Hall–Kier alpha value is -0.883. The van der Waals surface area contributed by atoms with Gasteiger partial charge in [-0.15, -0.1) is 0 Å². The van der Waals surface area contributed by atoms with Crippen molar-refractivity contribution in [1.29, 1.82) is 0 Å². The SMILES string of the molecule is CCCO[Si](CCCNc1ccccc1)(OC)OC.